The van der Waals surface area contributed by atoms with E-state index in [1.807, 2.05) is 44.1 Å². The molecule has 2 heterocycles. The maximum Gasteiger partial charge on any atom is 0.251 e. The molecule has 32 heavy (non-hydrogen) atoms. The highest BCUT2D eigenvalue weighted by Crippen LogP contribution is 2.29. The first-order chi connectivity index (χ1) is 15.4. The molecule has 1 aliphatic heterocycles. The van der Waals surface area contributed by atoms with E-state index in [1.165, 1.54) is 25.3 Å². The highest BCUT2D eigenvalue weighted by molar-refractivity contribution is 5.95. The van der Waals surface area contributed by atoms with Crippen LogP contribution in [0.4, 0.5) is 10.2 Å². The van der Waals surface area contributed by atoms with Crippen LogP contribution in [0.3, 0.4) is 0 Å². The molecule has 1 saturated heterocycles. The van der Waals surface area contributed by atoms with E-state index in [9.17, 15) is 4.79 Å². The number of nitrogens with one attached hydrogen (secondary N) is 1. The van der Waals surface area contributed by atoms with Crippen molar-refractivity contribution in [3.8, 4) is 11.4 Å². The molecule has 1 N–H and O–H groups in total. The second-order valence-electron chi connectivity index (χ2n) is 8.64. The van der Waals surface area contributed by atoms with Crippen LogP contribution in [-0.4, -0.2) is 61.0 Å². The fraction of sp³-hybridized carbons (Fsp3) is 0.400. The first-order valence-electron chi connectivity index (χ1n) is 11.2. The van der Waals surface area contributed by atoms with Gasteiger partial charge in [0.15, 0.2) is 5.82 Å². The summed E-state index contributed by atoms with van der Waals surface area (Å²) in [5.41, 5.74) is 2.44. The summed E-state index contributed by atoms with van der Waals surface area (Å²) in [5.74, 6) is 0.258. The van der Waals surface area contributed by atoms with Gasteiger partial charge < -0.3 is 15.1 Å². The number of benzene rings is 2. The zero-order chi connectivity index (χ0) is 22.7. The molecule has 168 valence electrons. The van der Waals surface area contributed by atoms with Gasteiger partial charge in [-0.1, -0.05) is 18.1 Å². The van der Waals surface area contributed by atoms with Crippen molar-refractivity contribution < 1.29 is 9.18 Å². The average molecular weight is 436 g/mol. The third kappa shape index (κ3) is 4.88. The molecule has 0 spiro atoms. The van der Waals surface area contributed by atoms with Crippen molar-refractivity contribution in [2.45, 2.75) is 26.2 Å². The summed E-state index contributed by atoms with van der Waals surface area (Å²) >= 11 is 0. The van der Waals surface area contributed by atoms with Crippen molar-refractivity contribution in [1.82, 2.24) is 20.2 Å². The molecule has 4 rings (SSSR count). The summed E-state index contributed by atoms with van der Waals surface area (Å²) in [4.78, 5) is 26.0. The van der Waals surface area contributed by atoms with E-state index >= 15 is 4.39 Å². The molecule has 2 aromatic carbocycles. The maximum atomic E-state index is 15.0. The highest BCUT2D eigenvalue weighted by Gasteiger charge is 2.17. The average Bonchev–Trinajstić information content (AvgIpc) is 2.79. The summed E-state index contributed by atoms with van der Waals surface area (Å²) in [6.07, 6.45) is 3.71. The van der Waals surface area contributed by atoms with Crippen molar-refractivity contribution >= 4 is 22.6 Å². The van der Waals surface area contributed by atoms with Gasteiger partial charge in [-0.25, -0.2) is 14.4 Å². The van der Waals surface area contributed by atoms with Gasteiger partial charge in [0.05, 0.1) is 11.1 Å². The van der Waals surface area contributed by atoms with Gasteiger partial charge in [0.2, 0.25) is 0 Å². The Morgan fingerprint density at radius 2 is 1.88 bits per heavy atom. The summed E-state index contributed by atoms with van der Waals surface area (Å²) in [7, 11) is 3.81. The Labute approximate surface area is 188 Å². The summed E-state index contributed by atoms with van der Waals surface area (Å²) in [5, 5.41) is 3.82. The SMILES string of the molecule is Cc1ccc2nc(-c3ccc(C(=O)NCCN4CCCCC4)cc3F)nc(N(C)C)c2c1. The molecule has 0 aliphatic carbocycles. The van der Waals surface area contributed by atoms with Crippen LogP contribution in [0.5, 0.6) is 0 Å². The van der Waals surface area contributed by atoms with E-state index in [1.54, 1.807) is 12.1 Å². The van der Waals surface area contributed by atoms with Gasteiger partial charge in [0.25, 0.3) is 5.91 Å². The fourth-order valence-corrected chi connectivity index (χ4v) is 4.14. The van der Waals surface area contributed by atoms with Gasteiger partial charge in [-0.2, -0.15) is 0 Å². The van der Waals surface area contributed by atoms with Crippen LogP contribution in [0, 0.1) is 12.7 Å². The van der Waals surface area contributed by atoms with Crippen molar-refractivity contribution in [1.29, 1.82) is 0 Å². The Kier molecular flexibility index (Phi) is 6.65. The number of aromatic nitrogens is 2. The van der Waals surface area contributed by atoms with E-state index in [-0.39, 0.29) is 11.5 Å². The molecular formula is C25H30FN5O. The van der Waals surface area contributed by atoms with Crippen LogP contribution in [0.1, 0.15) is 35.2 Å². The minimum absolute atomic E-state index is 0.267. The number of rotatable bonds is 6. The molecule has 1 amide bonds. The largest absolute Gasteiger partial charge is 0.362 e. The molecule has 0 saturated carbocycles. The maximum absolute atomic E-state index is 15.0. The number of hydrogen-bond donors (Lipinski definition) is 1. The van der Waals surface area contributed by atoms with Crippen LogP contribution >= 0.6 is 0 Å². The first-order valence-corrected chi connectivity index (χ1v) is 11.2. The Morgan fingerprint density at radius 3 is 2.59 bits per heavy atom. The molecule has 3 aromatic rings. The van der Waals surface area contributed by atoms with Gasteiger partial charge in [-0.3, -0.25) is 4.79 Å². The van der Waals surface area contributed by atoms with E-state index in [0.29, 0.717) is 17.9 Å². The van der Waals surface area contributed by atoms with Gasteiger partial charge in [0, 0.05) is 38.1 Å². The van der Waals surface area contributed by atoms with Crippen LogP contribution in [0.15, 0.2) is 36.4 Å². The molecule has 1 aromatic heterocycles. The van der Waals surface area contributed by atoms with E-state index in [4.69, 9.17) is 0 Å². The normalized spacial score (nSPS) is 14.5. The van der Waals surface area contributed by atoms with E-state index in [2.05, 4.69) is 20.2 Å². The predicted octanol–water partition coefficient (Wildman–Crippen LogP) is 4.03. The predicted molar refractivity (Wildman–Crippen MR) is 127 cm³/mol. The first kappa shape index (κ1) is 22.1. The number of nitrogens with zero attached hydrogens (tertiary/aromatic N) is 4. The minimum Gasteiger partial charge on any atom is -0.362 e. The number of halogens is 1. The molecule has 0 bridgehead atoms. The molecule has 7 heteroatoms. The van der Waals surface area contributed by atoms with E-state index < -0.39 is 5.82 Å². The second-order valence-corrected chi connectivity index (χ2v) is 8.64. The minimum atomic E-state index is -0.509. The van der Waals surface area contributed by atoms with Crippen molar-refractivity contribution in [3.63, 3.8) is 0 Å². The molecule has 0 radical (unpaired) electrons. The second kappa shape index (κ2) is 9.61. The Balaban J connectivity index is 1.53. The fourth-order valence-electron chi connectivity index (χ4n) is 4.14. The summed E-state index contributed by atoms with van der Waals surface area (Å²) in [6.45, 7) is 5.56. The van der Waals surface area contributed by atoms with Crippen molar-refractivity contribution in [2.24, 2.45) is 0 Å². The number of anilines is 1. The molecule has 1 aliphatic rings. The summed E-state index contributed by atoms with van der Waals surface area (Å²) < 4.78 is 15.0. The van der Waals surface area contributed by atoms with Gasteiger partial charge in [0.1, 0.15) is 11.6 Å². The van der Waals surface area contributed by atoms with Crippen LogP contribution in [0.2, 0.25) is 0 Å². The van der Waals surface area contributed by atoms with E-state index in [0.717, 1.165) is 41.9 Å². The van der Waals surface area contributed by atoms with Crippen molar-refractivity contribution in [2.75, 3.05) is 45.2 Å². The molecule has 6 nitrogen and oxygen atoms in total. The molecule has 0 atom stereocenters. The number of piperidine rings is 1. The third-order valence-corrected chi connectivity index (χ3v) is 5.89. The third-order valence-electron chi connectivity index (χ3n) is 5.89. The quantitative estimate of drug-likeness (QED) is 0.634. The molecule has 1 fully saturated rings. The lowest BCUT2D eigenvalue weighted by atomic mass is 10.1. The number of carbonyl (C=O) groups excluding carboxylic acids is 1. The smallest absolute Gasteiger partial charge is 0.251 e. The Morgan fingerprint density at radius 1 is 1.09 bits per heavy atom. The number of hydrogen-bond acceptors (Lipinski definition) is 5. The standard InChI is InChI=1S/C25H30FN5O/c1-17-7-10-22-20(15-17)24(30(2)3)29-23(28-22)19-9-8-18(16-21(19)26)25(32)27-11-14-31-12-5-4-6-13-31/h7-10,15-16H,4-6,11-14H2,1-3H3,(H,27,32). The monoisotopic (exact) mass is 435 g/mol. The van der Waals surface area contributed by atoms with Crippen LogP contribution in [0.25, 0.3) is 22.3 Å². The van der Waals surface area contributed by atoms with Gasteiger partial charge in [-0.15, -0.1) is 0 Å². The zero-order valence-corrected chi connectivity index (χ0v) is 19.0. The number of amides is 1. The number of aryl methyl sites for hydroxylation is 1. The lowest BCUT2D eigenvalue weighted by Crippen LogP contribution is -2.37. The molecule has 0 unspecified atom stereocenters. The highest BCUT2D eigenvalue weighted by atomic mass is 19.1. The van der Waals surface area contributed by atoms with Crippen LogP contribution < -0.4 is 10.2 Å². The Hall–Kier alpha value is -3.06. The number of carbonyl (C=O) groups is 1. The van der Waals surface area contributed by atoms with Crippen LogP contribution in [-0.2, 0) is 0 Å². The number of fused-ring (bicyclic) bond motifs is 1. The summed E-state index contributed by atoms with van der Waals surface area (Å²) in [6, 6.07) is 10.4. The van der Waals surface area contributed by atoms with Gasteiger partial charge >= 0.3 is 0 Å². The Bertz CT molecular complexity index is 1120. The van der Waals surface area contributed by atoms with Gasteiger partial charge in [-0.05, 0) is 63.2 Å². The molecular weight excluding hydrogens is 405 g/mol. The topological polar surface area (TPSA) is 61.4 Å². The lowest BCUT2D eigenvalue weighted by Gasteiger charge is -2.26. The zero-order valence-electron chi connectivity index (χ0n) is 19.0. The van der Waals surface area contributed by atoms with Crippen molar-refractivity contribution in [3.05, 3.63) is 53.3 Å². The lowest BCUT2D eigenvalue weighted by molar-refractivity contribution is 0.0946. The number of likely N-dealkylation sites (tertiary alicyclic amines) is 1.